The van der Waals surface area contributed by atoms with Gasteiger partial charge in [0.1, 0.15) is 11.4 Å². The molecule has 1 unspecified atom stereocenters. The molecular formula is C16H17ClN2O3. The molecule has 1 aromatic heterocycles. The molecule has 2 aromatic rings. The van der Waals surface area contributed by atoms with E-state index in [4.69, 9.17) is 26.5 Å². The number of carbonyl (C=O) groups excluding carboxylic acids is 1. The average molecular weight is 321 g/mol. The van der Waals surface area contributed by atoms with Gasteiger partial charge in [0.15, 0.2) is 11.0 Å². The molecule has 0 spiro atoms. The minimum absolute atomic E-state index is 0.180. The van der Waals surface area contributed by atoms with E-state index in [9.17, 15) is 4.79 Å². The second-order valence-electron chi connectivity index (χ2n) is 5.99. The molecule has 0 saturated carbocycles. The lowest BCUT2D eigenvalue weighted by molar-refractivity contribution is 0.0612. The van der Waals surface area contributed by atoms with Gasteiger partial charge in [-0.25, -0.2) is 0 Å². The molecule has 3 rings (SSSR count). The van der Waals surface area contributed by atoms with Gasteiger partial charge in [-0.3, -0.25) is 4.79 Å². The Labute approximate surface area is 133 Å². The fraction of sp³-hybridized carbons (Fsp3) is 0.312. The second kappa shape index (κ2) is 5.25. The highest BCUT2D eigenvalue weighted by Crippen LogP contribution is 2.40. The first-order valence-corrected chi connectivity index (χ1v) is 7.36. The van der Waals surface area contributed by atoms with Gasteiger partial charge < -0.3 is 20.2 Å². The molecule has 5 nitrogen and oxygen atoms in total. The van der Waals surface area contributed by atoms with Gasteiger partial charge >= 0.3 is 0 Å². The highest BCUT2D eigenvalue weighted by molar-refractivity contribution is 6.29. The van der Waals surface area contributed by atoms with Gasteiger partial charge in [0, 0.05) is 17.7 Å². The third kappa shape index (κ3) is 2.90. The number of carbonyl (C=O) groups is 1. The third-order valence-corrected chi connectivity index (χ3v) is 3.80. The summed E-state index contributed by atoms with van der Waals surface area (Å²) in [5.41, 5.74) is 6.96. The molecular weight excluding hydrogens is 304 g/mol. The summed E-state index contributed by atoms with van der Waals surface area (Å²) in [5, 5.41) is 3.14. The predicted molar refractivity (Wildman–Crippen MR) is 84.1 cm³/mol. The number of nitrogens with two attached hydrogens (primary N) is 1. The number of hydrogen-bond donors (Lipinski definition) is 2. The Bertz CT molecular complexity index is 724. The Morgan fingerprint density at radius 3 is 2.82 bits per heavy atom. The van der Waals surface area contributed by atoms with E-state index in [0.717, 1.165) is 11.3 Å². The number of hydrogen-bond acceptors (Lipinski definition) is 4. The zero-order valence-electron chi connectivity index (χ0n) is 12.4. The number of nitrogens with one attached hydrogen (secondary N) is 1. The molecule has 2 heterocycles. The summed E-state index contributed by atoms with van der Waals surface area (Å²) < 4.78 is 11.1. The average Bonchev–Trinajstić information content (AvgIpc) is 2.85. The summed E-state index contributed by atoms with van der Waals surface area (Å²) >= 11 is 5.71. The number of fused-ring (bicyclic) bond motifs is 1. The summed E-state index contributed by atoms with van der Waals surface area (Å²) in [4.78, 5) is 12.3. The number of furan rings is 1. The summed E-state index contributed by atoms with van der Waals surface area (Å²) in [6.45, 7) is 3.96. The molecule has 0 saturated heterocycles. The van der Waals surface area contributed by atoms with Gasteiger partial charge in [0.25, 0.3) is 5.91 Å². The van der Waals surface area contributed by atoms with E-state index >= 15 is 0 Å². The molecule has 0 fully saturated rings. The number of halogens is 1. The van der Waals surface area contributed by atoms with E-state index in [1.807, 2.05) is 26.0 Å². The van der Waals surface area contributed by atoms with Crippen LogP contribution in [0.1, 0.15) is 42.4 Å². The van der Waals surface area contributed by atoms with Crippen molar-refractivity contribution >= 4 is 23.2 Å². The van der Waals surface area contributed by atoms with Crippen LogP contribution in [0, 0.1) is 0 Å². The smallest absolute Gasteiger partial charge is 0.287 e. The monoisotopic (exact) mass is 320 g/mol. The molecule has 1 amide bonds. The van der Waals surface area contributed by atoms with Crippen LogP contribution in [-0.4, -0.2) is 11.5 Å². The van der Waals surface area contributed by atoms with Crippen LogP contribution in [-0.2, 0) is 0 Å². The van der Waals surface area contributed by atoms with Crippen molar-refractivity contribution in [2.75, 3.05) is 5.73 Å². The van der Waals surface area contributed by atoms with Crippen LogP contribution in [0.4, 0.5) is 5.69 Å². The Morgan fingerprint density at radius 2 is 2.14 bits per heavy atom. The number of ether oxygens (including phenoxy) is 1. The fourth-order valence-electron chi connectivity index (χ4n) is 2.67. The zero-order chi connectivity index (χ0) is 15.9. The number of anilines is 1. The predicted octanol–water partition coefficient (Wildman–Crippen LogP) is 3.55. The summed E-state index contributed by atoms with van der Waals surface area (Å²) in [5.74, 6) is 0.593. The molecule has 3 N–H and O–H groups in total. The van der Waals surface area contributed by atoms with Crippen molar-refractivity contribution < 1.29 is 13.9 Å². The van der Waals surface area contributed by atoms with Gasteiger partial charge in [-0.15, -0.1) is 0 Å². The van der Waals surface area contributed by atoms with E-state index in [0.29, 0.717) is 12.1 Å². The lowest BCUT2D eigenvalue weighted by Gasteiger charge is -2.37. The zero-order valence-corrected chi connectivity index (χ0v) is 13.1. The van der Waals surface area contributed by atoms with Crippen LogP contribution in [0.25, 0.3) is 0 Å². The maximum Gasteiger partial charge on any atom is 0.287 e. The molecule has 22 heavy (non-hydrogen) atoms. The Kier molecular flexibility index (Phi) is 3.53. The third-order valence-electron chi connectivity index (χ3n) is 3.59. The van der Waals surface area contributed by atoms with Crippen molar-refractivity contribution in [2.24, 2.45) is 0 Å². The van der Waals surface area contributed by atoms with Crippen LogP contribution in [0.15, 0.2) is 34.7 Å². The van der Waals surface area contributed by atoms with Gasteiger partial charge in [0.05, 0.1) is 6.04 Å². The number of nitrogen functional groups attached to an aromatic ring is 1. The molecule has 6 heteroatoms. The highest BCUT2D eigenvalue weighted by atomic mass is 35.5. The van der Waals surface area contributed by atoms with Crippen molar-refractivity contribution in [3.8, 4) is 5.75 Å². The number of rotatable bonds is 2. The largest absolute Gasteiger partial charge is 0.487 e. The van der Waals surface area contributed by atoms with Crippen LogP contribution in [0.3, 0.4) is 0 Å². The van der Waals surface area contributed by atoms with Crippen LogP contribution < -0.4 is 15.8 Å². The first kappa shape index (κ1) is 14.8. The van der Waals surface area contributed by atoms with Crippen molar-refractivity contribution in [3.63, 3.8) is 0 Å². The Balaban J connectivity index is 1.90. The Morgan fingerprint density at radius 1 is 1.36 bits per heavy atom. The van der Waals surface area contributed by atoms with Crippen LogP contribution in [0.2, 0.25) is 5.22 Å². The van der Waals surface area contributed by atoms with E-state index in [2.05, 4.69) is 5.32 Å². The topological polar surface area (TPSA) is 77.5 Å². The van der Waals surface area contributed by atoms with Crippen molar-refractivity contribution in [1.82, 2.24) is 5.32 Å². The van der Waals surface area contributed by atoms with Gasteiger partial charge in [-0.1, -0.05) is 0 Å². The van der Waals surface area contributed by atoms with Crippen molar-refractivity contribution in [1.29, 1.82) is 0 Å². The SMILES string of the molecule is CC1(C)CC(NC(=O)c2ccc(Cl)o2)c2cc(N)ccc2O1. The molecule has 0 radical (unpaired) electrons. The summed E-state index contributed by atoms with van der Waals surface area (Å²) in [6, 6.07) is 8.31. The van der Waals surface area contributed by atoms with E-state index in [1.54, 1.807) is 12.1 Å². The number of amides is 1. The van der Waals surface area contributed by atoms with Crippen molar-refractivity contribution in [2.45, 2.75) is 31.9 Å². The van der Waals surface area contributed by atoms with Gasteiger partial charge in [-0.05, 0) is 55.8 Å². The molecule has 0 aliphatic carbocycles. The number of benzene rings is 1. The van der Waals surface area contributed by atoms with E-state index in [1.165, 1.54) is 6.07 Å². The van der Waals surface area contributed by atoms with Crippen LogP contribution in [0.5, 0.6) is 5.75 Å². The van der Waals surface area contributed by atoms with Crippen LogP contribution >= 0.6 is 11.6 Å². The second-order valence-corrected chi connectivity index (χ2v) is 6.37. The first-order valence-electron chi connectivity index (χ1n) is 6.99. The summed E-state index contributed by atoms with van der Waals surface area (Å²) in [6.07, 6.45) is 0.629. The normalized spacial score (nSPS) is 19.1. The molecule has 0 bridgehead atoms. The quantitative estimate of drug-likeness (QED) is 0.830. The highest BCUT2D eigenvalue weighted by Gasteiger charge is 2.35. The Hall–Kier alpha value is -2.14. The summed E-state index contributed by atoms with van der Waals surface area (Å²) in [7, 11) is 0. The maximum absolute atomic E-state index is 12.3. The minimum atomic E-state index is -0.387. The lowest BCUT2D eigenvalue weighted by Crippen LogP contribution is -2.41. The molecule has 1 atom stereocenters. The van der Waals surface area contributed by atoms with E-state index < -0.39 is 0 Å². The maximum atomic E-state index is 12.3. The van der Waals surface area contributed by atoms with Crippen molar-refractivity contribution in [3.05, 3.63) is 46.9 Å². The molecule has 1 aliphatic heterocycles. The lowest BCUT2D eigenvalue weighted by atomic mass is 9.89. The van der Waals surface area contributed by atoms with E-state index in [-0.39, 0.29) is 28.5 Å². The standard InChI is InChI=1S/C16H17ClN2O3/c1-16(2)8-11(10-7-9(18)3-4-12(10)22-16)19-15(20)13-5-6-14(17)21-13/h3-7,11H,8,18H2,1-2H3,(H,19,20). The first-order chi connectivity index (χ1) is 10.3. The molecule has 116 valence electrons. The molecule has 1 aromatic carbocycles. The minimum Gasteiger partial charge on any atom is -0.487 e. The van der Waals surface area contributed by atoms with Gasteiger partial charge in [0.2, 0.25) is 0 Å². The van der Waals surface area contributed by atoms with Gasteiger partial charge in [-0.2, -0.15) is 0 Å². The fourth-order valence-corrected chi connectivity index (χ4v) is 2.81. The molecule has 1 aliphatic rings.